The van der Waals surface area contributed by atoms with E-state index < -0.39 is 17.2 Å². The van der Waals surface area contributed by atoms with E-state index in [4.69, 9.17) is 4.74 Å². The summed E-state index contributed by atoms with van der Waals surface area (Å²) in [4.78, 5) is 26.8. The number of hydrogen-bond donors (Lipinski definition) is 0. The van der Waals surface area contributed by atoms with Crippen molar-refractivity contribution in [1.82, 2.24) is 9.55 Å². The molecule has 2 heterocycles. The van der Waals surface area contributed by atoms with Gasteiger partial charge in [-0.05, 0) is 35.4 Å². The molecule has 0 unspecified atom stereocenters. The van der Waals surface area contributed by atoms with Gasteiger partial charge in [0.15, 0.2) is 5.75 Å². The zero-order chi connectivity index (χ0) is 20.4. The number of rotatable bonds is 5. The summed E-state index contributed by atoms with van der Waals surface area (Å²) in [6.45, 7) is 0.409. The van der Waals surface area contributed by atoms with Crippen molar-refractivity contribution in [1.29, 1.82) is 0 Å². The molecule has 0 saturated carbocycles. The Balaban J connectivity index is 1.74. The third kappa shape index (κ3) is 3.62. The minimum absolute atomic E-state index is 0.123. The fourth-order valence-corrected chi connectivity index (χ4v) is 3.19. The monoisotopic (exact) mass is 392 g/mol. The van der Waals surface area contributed by atoms with E-state index in [2.05, 4.69) is 4.98 Å². The highest BCUT2D eigenvalue weighted by Gasteiger charge is 2.14. The van der Waals surface area contributed by atoms with E-state index in [1.807, 2.05) is 24.3 Å². The van der Waals surface area contributed by atoms with Crippen LogP contribution in [-0.4, -0.2) is 16.0 Å². The molecular formula is C22H14F2N2O3. The minimum atomic E-state index is -0.554. The second-order valence-electron chi connectivity index (χ2n) is 6.37. The lowest BCUT2D eigenvalue weighted by molar-refractivity contribution is -0.120. The lowest BCUT2D eigenvalue weighted by atomic mass is 10.1. The van der Waals surface area contributed by atoms with Gasteiger partial charge < -0.3 is 9.30 Å². The van der Waals surface area contributed by atoms with Crippen LogP contribution in [0.4, 0.5) is 8.78 Å². The number of halogens is 2. The first-order valence-electron chi connectivity index (χ1n) is 8.69. The fraction of sp³-hybridized carbons (Fsp3) is 0.0455. The van der Waals surface area contributed by atoms with Crippen molar-refractivity contribution in [3.05, 3.63) is 94.5 Å². The molecule has 5 nitrogen and oxygen atoms in total. The van der Waals surface area contributed by atoms with E-state index in [0.29, 0.717) is 0 Å². The Kier molecular flexibility index (Phi) is 4.87. The average Bonchev–Trinajstić information content (AvgIpc) is 2.73. The molecule has 0 aliphatic heterocycles. The Labute approximate surface area is 163 Å². The van der Waals surface area contributed by atoms with Crippen LogP contribution in [0.2, 0.25) is 0 Å². The van der Waals surface area contributed by atoms with Gasteiger partial charge in [0.25, 0.3) is 6.47 Å². The highest BCUT2D eigenvalue weighted by molar-refractivity contribution is 5.81. The van der Waals surface area contributed by atoms with Crippen LogP contribution in [0.15, 0.2) is 71.8 Å². The van der Waals surface area contributed by atoms with Gasteiger partial charge in [-0.15, -0.1) is 0 Å². The molecule has 0 aliphatic rings. The molecule has 0 atom stereocenters. The fourth-order valence-electron chi connectivity index (χ4n) is 3.19. The molecule has 0 bridgehead atoms. The molecule has 144 valence electrons. The van der Waals surface area contributed by atoms with Crippen molar-refractivity contribution in [2.45, 2.75) is 6.54 Å². The van der Waals surface area contributed by atoms with E-state index in [9.17, 15) is 18.4 Å². The Morgan fingerprint density at radius 2 is 1.76 bits per heavy atom. The molecule has 7 heteroatoms. The van der Waals surface area contributed by atoms with E-state index in [1.54, 1.807) is 6.07 Å². The number of carbonyl (C=O) groups is 1. The summed E-state index contributed by atoms with van der Waals surface area (Å²) in [7, 11) is 0. The molecule has 4 aromatic rings. The maximum atomic E-state index is 14.5. The van der Waals surface area contributed by atoms with Crippen LogP contribution in [0.3, 0.4) is 0 Å². The molecule has 2 aromatic heterocycles. The summed E-state index contributed by atoms with van der Waals surface area (Å²) in [5, 5.41) is 0.123. The number of ether oxygens (including phenoxy) is 1. The van der Waals surface area contributed by atoms with Gasteiger partial charge >= 0.3 is 0 Å². The van der Waals surface area contributed by atoms with E-state index >= 15 is 0 Å². The average molecular weight is 392 g/mol. The summed E-state index contributed by atoms with van der Waals surface area (Å²) in [6.07, 6.45) is 2.76. The normalized spacial score (nSPS) is 10.8. The first-order chi connectivity index (χ1) is 14.1. The maximum Gasteiger partial charge on any atom is 0.298 e. The van der Waals surface area contributed by atoms with Crippen molar-refractivity contribution >= 4 is 17.4 Å². The molecule has 0 aliphatic carbocycles. The highest BCUT2D eigenvalue weighted by atomic mass is 19.1. The second-order valence-corrected chi connectivity index (χ2v) is 6.37. The number of aromatic nitrogens is 2. The van der Waals surface area contributed by atoms with Crippen LogP contribution in [0, 0.1) is 11.8 Å². The number of pyridine rings is 2. The third-order valence-electron chi connectivity index (χ3n) is 4.56. The van der Waals surface area contributed by atoms with E-state index in [0.717, 1.165) is 16.7 Å². The van der Waals surface area contributed by atoms with Crippen LogP contribution >= 0.6 is 0 Å². The SMILES string of the molecule is O=COc1cn(Cc2ccc(-c3ccc(F)nc3)cc2)c2c(F)cccc2c1=O. The molecule has 0 spiro atoms. The molecule has 4 rings (SSSR count). The van der Waals surface area contributed by atoms with Gasteiger partial charge in [-0.2, -0.15) is 4.39 Å². The van der Waals surface area contributed by atoms with Crippen LogP contribution in [0.5, 0.6) is 5.75 Å². The van der Waals surface area contributed by atoms with Gasteiger partial charge in [-0.3, -0.25) is 9.59 Å². The van der Waals surface area contributed by atoms with Gasteiger partial charge in [0.1, 0.15) is 5.82 Å². The third-order valence-corrected chi connectivity index (χ3v) is 4.56. The molecule has 2 aromatic carbocycles. The molecule has 29 heavy (non-hydrogen) atoms. The summed E-state index contributed by atoms with van der Waals surface area (Å²) < 4.78 is 33.7. The Morgan fingerprint density at radius 3 is 2.45 bits per heavy atom. The number of benzene rings is 2. The summed E-state index contributed by atoms with van der Waals surface area (Å²) in [6, 6.07) is 14.5. The largest absolute Gasteiger partial charge is 0.423 e. The zero-order valence-electron chi connectivity index (χ0n) is 15.0. The summed E-state index contributed by atoms with van der Waals surface area (Å²) in [5.74, 6) is -1.27. The van der Waals surface area contributed by atoms with Crippen molar-refractivity contribution in [3.8, 4) is 16.9 Å². The molecule has 0 fully saturated rings. The van der Waals surface area contributed by atoms with Gasteiger partial charge in [0.2, 0.25) is 11.4 Å². The van der Waals surface area contributed by atoms with Gasteiger partial charge in [-0.1, -0.05) is 30.3 Å². The van der Waals surface area contributed by atoms with Crippen molar-refractivity contribution in [2.75, 3.05) is 0 Å². The standard InChI is InChI=1S/C22H14F2N2O3/c23-18-3-1-2-17-21(18)26(12-19(22(17)28)29-13-27)11-14-4-6-15(7-5-14)16-8-9-20(24)25-10-16/h1-10,12-13H,11H2. The van der Waals surface area contributed by atoms with Crippen LogP contribution in [0.1, 0.15) is 5.56 Å². The summed E-state index contributed by atoms with van der Waals surface area (Å²) in [5.41, 5.74) is 2.01. The second kappa shape index (κ2) is 7.63. The van der Waals surface area contributed by atoms with Crippen LogP contribution in [-0.2, 0) is 11.3 Å². The predicted octanol–water partition coefficient (Wildman–Crippen LogP) is 3.93. The van der Waals surface area contributed by atoms with Crippen molar-refractivity contribution in [2.24, 2.45) is 0 Å². The zero-order valence-corrected chi connectivity index (χ0v) is 15.0. The molecule has 0 amide bonds. The Morgan fingerprint density at radius 1 is 1.00 bits per heavy atom. The van der Waals surface area contributed by atoms with Gasteiger partial charge in [0, 0.05) is 18.3 Å². The number of para-hydroxylation sites is 1. The minimum Gasteiger partial charge on any atom is -0.423 e. The molecule has 0 N–H and O–H groups in total. The smallest absolute Gasteiger partial charge is 0.298 e. The van der Waals surface area contributed by atoms with Gasteiger partial charge in [-0.25, -0.2) is 9.37 Å². The predicted molar refractivity (Wildman–Crippen MR) is 104 cm³/mol. The number of carbonyl (C=O) groups excluding carboxylic acids is 1. The maximum absolute atomic E-state index is 14.5. The first-order valence-corrected chi connectivity index (χ1v) is 8.69. The number of hydrogen-bond acceptors (Lipinski definition) is 4. The van der Waals surface area contributed by atoms with Crippen molar-refractivity contribution in [3.63, 3.8) is 0 Å². The summed E-state index contributed by atoms with van der Waals surface area (Å²) >= 11 is 0. The van der Waals surface area contributed by atoms with E-state index in [1.165, 1.54) is 41.2 Å². The topological polar surface area (TPSA) is 61.2 Å². The first kappa shape index (κ1) is 18.5. The molecular weight excluding hydrogens is 378 g/mol. The number of nitrogens with zero attached hydrogens (tertiary/aromatic N) is 2. The lowest BCUT2D eigenvalue weighted by Crippen LogP contribution is -2.14. The van der Waals surface area contributed by atoms with Crippen LogP contribution < -0.4 is 10.2 Å². The Bertz CT molecular complexity index is 1250. The van der Waals surface area contributed by atoms with Crippen LogP contribution in [0.25, 0.3) is 22.0 Å². The van der Waals surface area contributed by atoms with Gasteiger partial charge in [0.05, 0.1) is 17.1 Å². The van der Waals surface area contributed by atoms with Crippen molar-refractivity contribution < 1.29 is 18.3 Å². The quantitative estimate of drug-likeness (QED) is 0.382. The molecule has 0 saturated heterocycles. The van der Waals surface area contributed by atoms with E-state index in [-0.39, 0.29) is 29.7 Å². The highest BCUT2D eigenvalue weighted by Crippen LogP contribution is 2.22. The number of fused-ring (bicyclic) bond motifs is 1. The lowest BCUT2D eigenvalue weighted by Gasteiger charge is -2.14. The Hall–Kier alpha value is -3.87. The molecule has 0 radical (unpaired) electrons.